The zero-order valence-electron chi connectivity index (χ0n) is 11.2. The third kappa shape index (κ3) is 2.62. The molecular weight excluding hydrogens is 292 g/mol. The van der Waals surface area contributed by atoms with E-state index in [1.165, 1.54) is 22.8 Å². The molecule has 1 aromatic carbocycles. The summed E-state index contributed by atoms with van der Waals surface area (Å²) in [5, 5.41) is 9.41. The maximum Gasteiger partial charge on any atom is 0.335 e. The fourth-order valence-electron chi connectivity index (χ4n) is 2.55. The predicted molar refractivity (Wildman–Crippen MR) is 79.3 cm³/mol. The van der Waals surface area contributed by atoms with Crippen molar-refractivity contribution in [1.82, 2.24) is 9.55 Å². The molecule has 21 heavy (non-hydrogen) atoms. The number of carboxylic acids is 1. The summed E-state index contributed by atoms with van der Waals surface area (Å²) >= 11 is 5.21. The minimum absolute atomic E-state index is 0.00791. The van der Waals surface area contributed by atoms with Crippen molar-refractivity contribution in [3.05, 3.63) is 38.9 Å². The third-order valence-corrected chi connectivity index (χ3v) is 3.96. The molecule has 0 saturated carbocycles. The number of carbonyl (C=O) groups is 1. The van der Waals surface area contributed by atoms with Gasteiger partial charge in [-0.2, -0.15) is 0 Å². The van der Waals surface area contributed by atoms with Crippen molar-refractivity contribution in [2.45, 2.75) is 25.5 Å². The van der Waals surface area contributed by atoms with Crippen LogP contribution in [0.25, 0.3) is 10.9 Å². The zero-order valence-corrected chi connectivity index (χ0v) is 12.0. The lowest BCUT2D eigenvalue weighted by atomic mass is 10.1. The lowest BCUT2D eigenvalue weighted by Crippen LogP contribution is -2.28. The summed E-state index contributed by atoms with van der Waals surface area (Å²) in [5.41, 5.74) is 0.333. The second kappa shape index (κ2) is 5.42. The maximum absolute atomic E-state index is 12.5. The highest BCUT2D eigenvalue weighted by Gasteiger charge is 2.18. The van der Waals surface area contributed by atoms with E-state index in [1.807, 2.05) is 0 Å². The molecule has 1 aliphatic rings. The number of aromatic carboxylic acids is 1. The van der Waals surface area contributed by atoms with Gasteiger partial charge >= 0.3 is 5.97 Å². The van der Waals surface area contributed by atoms with Crippen LogP contribution in [0, 0.1) is 4.77 Å². The number of carboxylic acid groups (broad SMARTS) is 1. The topological polar surface area (TPSA) is 84.3 Å². The van der Waals surface area contributed by atoms with Crippen LogP contribution in [0.15, 0.2) is 23.0 Å². The van der Waals surface area contributed by atoms with Gasteiger partial charge < -0.3 is 14.8 Å². The Hall–Kier alpha value is -1.99. The molecule has 110 valence electrons. The van der Waals surface area contributed by atoms with Crippen LogP contribution in [0.5, 0.6) is 0 Å². The summed E-state index contributed by atoms with van der Waals surface area (Å²) in [6.45, 7) is 1.14. The van der Waals surface area contributed by atoms with Gasteiger partial charge in [-0.15, -0.1) is 0 Å². The molecule has 0 spiro atoms. The van der Waals surface area contributed by atoms with E-state index >= 15 is 0 Å². The number of hydrogen-bond acceptors (Lipinski definition) is 4. The lowest BCUT2D eigenvalue weighted by Gasteiger charge is -2.13. The van der Waals surface area contributed by atoms with Crippen molar-refractivity contribution in [2.75, 3.05) is 6.61 Å². The van der Waals surface area contributed by atoms with Gasteiger partial charge in [0.2, 0.25) is 0 Å². The van der Waals surface area contributed by atoms with Crippen molar-refractivity contribution in [3.8, 4) is 0 Å². The lowest BCUT2D eigenvalue weighted by molar-refractivity contribution is 0.0697. The minimum atomic E-state index is -1.04. The van der Waals surface area contributed by atoms with E-state index in [0.717, 1.165) is 12.8 Å². The van der Waals surface area contributed by atoms with Crippen molar-refractivity contribution in [2.24, 2.45) is 0 Å². The number of nitrogens with zero attached hydrogens (tertiary/aromatic N) is 1. The molecule has 1 fully saturated rings. The molecule has 1 aromatic heterocycles. The minimum Gasteiger partial charge on any atom is -0.478 e. The first-order valence-corrected chi connectivity index (χ1v) is 7.09. The summed E-state index contributed by atoms with van der Waals surface area (Å²) in [4.78, 5) is 26.4. The average molecular weight is 306 g/mol. The molecule has 2 heterocycles. The highest BCUT2D eigenvalue weighted by molar-refractivity contribution is 7.71. The van der Waals surface area contributed by atoms with E-state index in [9.17, 15) is 9.59 Å². The van der Waals surface area contributed by atoms with E-state index < -0.39 is 5.97 Å². The highest BCUT2D eigenvalue weighted by Crippen LogP contribution is 2.15. The fraction of sp³-hybridized carbons (Fsp3) is 0.357. The molecule has 7 heteroatoms. The molecular formula is C14H14N2O4S. The van der Waals surface area contributed by atoms with Crippen LogP contribution in [0.3, 0.4) is 0 Å². The molecule has 0 radical (unpaired) electrons. The Morgan fingerprint density at radius 3 is 3.00 bits per heavy atom. The third-order valence-electron chi connectivity index (χ3n) is 3.64. The monoisotopic (exact) mass is 306 g/mol. The normalized spacial score (nSPS) is 18.2. The molecule has 1 saturated heterocycles. The number of fused-ring (bicyclic) bond motifs is 1. The van der Waals surface area contributed by atoms with Gasteiger partial charge in [0.1, 0.15) is 0 Å². The molecule has 1 aliphatic heterocycles. The molecule has 0 amide bonds. The first-order valence-electron chi connectivity index (χ1n) is 6.68. The number of aromatic amines is 1. The Bertz CT molecular complexity index is 818. The number of nitrogens with one attached hydrogen (secondary N) is 1. The van der Waals surface area contributed by atoms with Crippen LogP contribution >= 0.6 is 12.2 Å². The fourth-order valence-corrected chi connectivity index (χ4v) is 2.81. The molecule has 1 unspecified atom stereocenters. The summed E-state index contributed by atoms with van der Waals surface area (Å²) < 4.78 is 7.30. The van der Waals surface area contributed by atoms with Crippen LogP contribution in [-0.2, 0) is 11.3 Å². The molecule has 0 aliphatic carbocycles. The highest BCUT2D eigenvalue weighted by atomic mass is 32.1. The van der Waals surface area contributed by atoms with Crippen molar-refractivity contribution in [1.29, 1.82) is 0 Å². The van der Waals surface area contributed by atoms with Crippen LogP contribution in [-0.4, -0.2) is 33.3 Å². The Morgan fingerprint density at radius 1 is 1.52 bits per heavy atom. The molecule has 1 atom stereocenters. The predicted octanol–water partition coefficient (Wildman–Crippen LogP) is 1.94. The van der Waals surface area contributed by atoms with E-state index in [4.69, 9.17) is 22.1 Å². The van der Waals surface area contributed by atoms with Crippen molar-refractivity contribution >= 4 is 29.1 Å². The van der Waals surface area contributed by atoms with E-state index in [1.54, 1.807) is 0 Å². The van der Waals surface area contributed by atoms with E-state index in [-0.39, 0.29) is 22.0 Å². The van der Waals surface area contributed by atoms with Gasteiger partial charge in [-0.1, -0.05) is 0 Å². The van der Waals surface area contributed by atoms with Gasteiger partial charge in [0, 0.05) is 6.61 Å². The molecule has 0 bridgehead atoms. The quantitative estimate of drug-likeness (QED) is 0.847. The van der Waals surface area contributed by atoms with Gasteiger partial charge in [-0.3, -0.25) is 9.36 Å². The number of rotatable bonds is 3. The maximum atomic E-state index is 12.5. The second-order valence-electron chi connectivity index (χ2n) is 5.05. The van der Waals surface area contributed by atoms with Crippen LogP contribution < -0.4 is 5.56 Å². The number of hydrogen-bond donors (Lipinski definition) is 2. The number of benzene rings is 1. The Morgan fingerprint density at radius 2 is 2.33 bits per heavy atom. The van der Waals surface area contributed by atoms with E-state index in [0.29, 0.717) is 24.1 Å². The van der Waals surface area contributed by atoms with Crippen LogP contribution in [0.2, 0.25) is 0 Å². The number of ether oxygens (including phenoxy) is 1. The van der Waals surface area contributed by atoms with Gasteiger partial charge in [-0.25, -0.2) is 4.79 Å². The second-order valence-corrected chi connectivity index (χ2v) is 5.43. The molecule has 2 aromatic rings. The number of aromatic nitrogens is 2. The Balaban J connectivity index is 2.10. The summed E-state index contributed by atoms with van der Waals surface area (Å²) in [5.74, 6) is -1.04. The average Bonchev–Trinajstić information content (AvgIpc) is 2.95. The van der Waals surface area contributed by atoms with Gasteiger partial charge in [0.05, 0.1) is 29.1 Å². The van der Waals surface area contributed by atoms with Gasteiger partial charge in [0.25, 0.3) is 5.56 Å². The Kier molecular flexibility index (Phi) is 3.60. The summed E-state index contributed by atoms with van der Waals surface area (Å²) in [6.07, 6.45) is 1.91. The zero-order chi connectivity index (χ0) is 15.0. The first kappa shape index (κ1) is 14.0. The smallest absolute Gasteiger partial charge is 0.335 e. The Labute approximate surface area is 125 Å². The molecule has 6 nitrogen and oxygen atoms in total. The largest absolute Gasteiger partial charge is 0.478 e. The molecule has 3 rings (SSSR count). The summed E-state index contributed by atoms with van der Waals surface area (Å²) in [6, 6.07) is 4.35. The van der Waals surface area contributed by atoms with Crippen LogP contribution in [0.4, 0.5) is 0 Å². The van der Waals surface area contributed by atoms with Gasteiger partial charge in [0.15, 0.2) is 4.77 Å². The van der Waals surface area contributed by atoms with Crippen LogP contribution in [0.1, 0.15) is 23.2 Å². The van der Waals surface area contributed by atoms with Crippen molar-refractivity contribution < 1.29 is 14.6 Å². The number of H-pyrrole nitrogens is 1. The first-order chi connectivity index (χ1) is 10.1. The SMILES string of the molecule is O=C(O)c1ccc2c(=O)n(CC3CCCO3)c(=S)[nH]c2c1. The van der Waals surface area contributed by atoms with E-state index in [2.05, 4.69) is 4.98 Å². The summed E-state index contributed by atoms with van der Waals surface area (Å²) in [7, 11) is 0. The van der Waals surface area contributed by atoms with Crippen molar-refractivity contribution in [3.63, 3.8) is 0 Å². The van der Waals surface area contributed by atoms with Gasteiger partial charge in [-0.05, 0) is 43.3 Å². The standard InChI is InChI=1S/C14H14N2O4S/c17-12-10-4-3-8(13(18)19)6-11(10)15-14(21)16(12)7-9-2-1-5-20-9/h3-4,6,9H,1-2,5,7H2,(H,15,21)(H,18,19). The molecule has 2 N–H and O–H groups in total.